The number of rotatable bonds is 2. The van der Waals surface area contributed by atoms with Gasteiger partial charge in [-0.3, -0.25) is 0 Å². The Bertz CT molecular complexity index is 128. The Labute approximate surface area is 102 Å². The summed E-state index contributed by atoms with van der Waals surface area (Å²) in [5.41, 5.74) is 0. The van der Waals surface area contributed by atoms with Crippen LogP contribution in [0, 0.1) is 0 Å². The van der Waals surface area contributed by atoms with Crippen LogP contribution >= 0.6 is 0 Å². The third-order valence-corrected chi connectivity index (χ3v) is 3.68. The highest BCUT2D eigenvalue weighted by Crippen LogP contribution is 2.22. The molecule has 2 saturated carbocycles. The Kier molecular flexibility index (Phi) is 7.92. The molecule has 0 bridgehead atoms. The predicted molar refractivity (Wildman–Crippen MR) is 72.8 cm³/mol. The lowest BCUT2D eigenvalue weighted by molar-refractivity contribution is 0.291. The van der Waals surface area contributed by atoms with Crippen molar-refractivity contribution in [1.29, 1.82) is 0 Å². The van der Waals surface area contributed by atoms with Gasteiger partial charge in [-0.05, 0) is 25.7 Å². The van der Waals surface area contributed by atoms with Crippen LogP contribution in [0.5, 0.6) is 0 Å². The van der Waals surface area contributed by atoms with Crippen LogP contribution in [0.25, 0.3) is 0 Å². The van der Waals surface area contributed by atoms with Crippen molar-refractivity contribution >= 4 is 0 Å². The molecule has 0 atom stereocenters. The quantitative estimate of drug-likeness (QED) is 0.721. The van der Waals surface area contributed by atoms with E-state index in [2.05, 4.69) is 19.2 Å². The maximum absolute atomic E-state index is 3.86. The lowest BCUT2D eigenvalue weighted by Gasteiger charge is -2.30. The molecule has 0 radical (unpaired) electrons. The first-order valence-corrected chi connectivity index (χ1v) is 7.62. The van der Waals surface area contributed by atoms with Gasteiger partial charge < -0.3 is 5.32 Å². The summed E-state index contributed by atoms with van der Waals surface area (Å²) < 4.78 is 0. The van der Waals surface area contributed by atoms with Gasteiger partial charge in [0.15, 0.2) is 0 Å². The molecule has 2 rings (SSSR count). The van der Waals surface area contributed by atoms with Gasteiger partial charge in [0, 0.05) is 12.1 Å². The SMILES string of the molecule is C1CCC(NC2CCCCC2)CC1.CCC. The minimum Gasteiger partial charge on any atom is -0.311 e. The van der Waals surface area contributed by atoms with Crippen LogP contribution < -0.4 is 5.32 Å². The second kappa shape index (κ2) is 9.04. The molecule has 2 fully saturated rings. The standard InChI is InChI=1S/C12H23N.C3H8/c1-3-7-11(8-4-1)13-12-9-5-2-6-10-12;1-3-2/h11-13H,1-10H2;3H2,1-2H3. The fourth-order valence-corrected chi connectivity index (χ4v) is 2.87. The molecule has 0 aromatic heterocycles. The summed E-state index contributed by atoms with van der Waals surface area (Å²) in [5, 5.41) is 3.86. The molecular formula is C15H31N. The van der Waals surface area contributed by atoms with E-state index in [0.717, 1.165) is 12.1 Å². The van der Waals surface area contributed by atoms with Crippen molar-refractivity contribution in [1.82, 2.24) is 5.32 Å². The van der Waals surface area contributed by atoms with Crippen molar-refractivity contribution in [3.63, 3.8) is 0 Å². The van der Waals surface area contributed by atoms with Crippen LogP contribution in [0.4, 0.5) is 0 Å². The second-order valence-electron chi connectivity index (χ2n) is 5.54. The smallest absolute Gasteiger partial charge is 0.00696 e. The zero-order valence-corrected chi connectivity index (χ0v) is 11.4. The highest BCUT2D eigenvalue weighted by molar-refractivity contribution is 4.79. The molecule has 1 nitrogen and oxygen atoms in total. The summed E-state index contributed by atoms with van der Waals surface area (Å²) >= 11 is 0. The van der Waals surface area contributed by atoms with E-state index in [1.54, 1.807) is 0 Å². The highest BCUT2D eigenvalue weighted by atomic mass is 14.9. The van der Waals surface area contributed by atoms with Crippen molar-refractivity contribution < 1.29 is 0 Å². The van der Waals surface area contributed by atoms with Crippen LogP contribution in [0.3, 0.4) is 0 Å². The third-order valence-electron chi connectivity index (χ3n) is 3.68. The molecule has 0 aliphatic heterocycles. The largest absolute Gasteiger partial charge is 0.311 e. The van der Waals surface area contributed by atoms with E-state index in [9.17, 15) is 0 Å². The van der Waals surface area contributed by atoms with Gasteiger partial charge in [-0.2, -0.15) is 0 Å². The number of hydrogen-bond donors (Lipinski definition) is 1. The minimum absolute atomic E-state index is 0.872. The van der Waals surface area contributed by atoms with E-state index in [1.807, 2.05) is 0 Å². The fourth-order valence-electron chi connectivity index (χ4n) is 2.87. The van der Waals surface area contributed by atoms with Crippen molar-refractivity contribution in [2.24, 2.45) is 0 Å². The molecule has 2 aliphatic rings. The summed E-state index contributed by atoms with van der Waals surface area (Å²) in [6.45, 7) is 4.25. The van der Waals surface area contributed by atoms with Crippen molar-refractivity contribution in [2.75, 3.05) is 0 Å². The molecule has 0 unspecified atom stereocenters. The zero-order valence-electron chi connectivity index (χ0n) is 11.4. The normalized spacial score (nSPS) is 23.6. The Morgan fingerprint density at radius 1 is 0.688 bits per heavy atom. The highest BCUT2D eigenvalue weighted by Gasteiger charge is 2.19. The van der Waals surface area contributed by atoms with Crippen molar-refractivity contribution in [2.45, 2.75) is 96.6 Å². The second-order valence-corrected chi connectivity index (χ2v) is 5.54. The molecule has 0 aromatic carbocycles. The lowest BCUT2D eigenvalue weighted by atomic mass is 9.91. The Morgan fingerprint density at radius 3 is 1.31 bits per heavy atom. The van der Waals surface area contributed by atoms with Gasteiger partial charge in [0.05, 0.1) is 0 Å². The molecule has 96 valence electrons. The first-order valence-electron chi connectivity index (χ1n) is 7.62. The molecule has 0 aromatic rings. The Hall–Kier alpha value is -0.0400. The first kappa shape index (κ1) is 14.0. The lowest BCUT2D eigenvalue weighted by Crippen LogP contribution is -2.40. The van der Waals surface area contributed by atoms with E-state index < -0.39 is 0 Å². The van der Waals surface area contributed by atoms with Crippen LogP contribution in [0.2, 0.25) is 0 Å². The van der Waals surface area contributed by atoms with Crippen molar-refractivity contribution in [3.8, 4) is 0 Å². The third kappa shape index (κ3) is 5.89. The van der Waals surface area contributed by atoms with Crippen molar-refractivity contribution in [3.05, 3.63) is 0 Å². The van der Waals surface area contributed by atoms with E-state index >= 15 is 0 Å². The molecule has 2 aliphatic carbocycles. The van der Waals surface area contributed by atoms with Gasteiger partial charge in [0.1, 0.15) is 0 Å². The van der Waals surface area contributed by atoms with Gasteiger partial charge in [0.2, 0.25) is 0 Å². The summed E-state index contributed by atoms with van der Waals surface area (Å²) in [5.74, 6) is 0. The van der Waals surface area contributed by atoms with Gasteiger partial charge in [-0.1, -0.05) is 58.8 Å². The summed E-state index contributed by atoms with van der Waals surface area (Å²) in [6.07, 6.45) is 15.8. The number of nitrogens with one attached hydrogen (secondary N) is 1. The molecule has 0 heterocycles. The van der Waals surface area contributed by atoms with Crippen LogP contribution in [-0.4, -0.2) is 12.1 Å². The van der Waals surface area contributed by atoms with Gasteiger partial charge in [0.25, 0.3) is 0 Å². The molecule has 0 saturated heterocycles. The van der Waals surface area contributed by atoms with Crippen LogP contribution in [0.15, 0.2) is 0 Å². The maximum Gasteiger partial charge on any atom is 0.00696 e. The summed E-state index contributed by atoms with van der Waals surface area (Å²) in [7, 11) is 0. The summed E-state index contributed by atoms with van der Waals surface area (Å²) in [4.78, 5) is 0. The van der Waals surface area contributed by atoms with Gasteiger partial charge in [-0.25, -0.2) is 0 Å². The average molecular weight is 225 g/mol. The molecule has 0 spiro atoms. The predicted octanol–water partition coefficient (Wildman–Crippen LogP) is 4.66. The molecule has 1 N–H and O–H groups in total. The monoisotopic (exact) mass is 225 g/mol. The van der Waals surface area contributed by atoms with Gasteiger partial charge in [-0.15, -0.1) is 0 Å². The zero-order chi connectivity index (χ0) is 11.6. The minimum atomic E-state index is 0.872. The number of hydrogen-bond acceptors (Lipinski definition) is 1. The van der Waals surface area contributed by atoms with Crippen LogP contribution in [-0.2, 0) is 0 Å². The van der Waals surface area contributed by atoms with E-state index in [0.29, 0.717) is 0 Å². The molecule has 0 amide bonds. The maximum atomic E-state index is 3.86. The van der Waals surface area contributed by atoms with E-state index in [4.69, 9.17) is 0 Å². The fraction of sp³-hybridized carbons (Fsp3) is 1.00. The summed E-state index contributed by atoms with van der Waals surface area (Å²) in [6, 6.07) is 1.74. The topological polar surface area (TPSA) is 12.0 Å². The van der Waals surface area contributed by atoms with E-state index in [-0.39, 0.29) is 0 Å². The Morgan fingerprint density at radius 2 is 1.00 bits per heavy atom. The molecule has 16 heavy (non-hydrogen) atoms. The molecular weight excluding hydrogens is 194 g/mol. The first-order chi connectivity index (χ1) is 7.86. The van der Waals surface area contributed by atoms with Crippen LogP contribution in [0.1, 0.15) is 84.5 Å². The van der Waals surface area contributed by atoms with E-state index in [1.165, 1.54) is 70.6 Å². The van der Waals surface area contributed by atoms with Gasteiger partial charge >= 0.3 is 0 Å². The molecule has 1 heteroatoms. The average Bonchev–Trinajstić information content (AvgIpc) is 2.33. The Balaban J connectivity index is 0.000000386.